The first-order chi connectivity index (χ1) is 11.5. The van der Waals surface area contributed by atoms with Gasteiger partial charge in [-0.2, -0.15) is 5.10 Å². The van der Waals surface area contributed by atoms with Crippen LogP contribution in [-0.4, -0.2) is 38.8 Å². The van der Waals surface area contributed by atoms with Gasteiger partial charge >= 0.3 is 0 Å². The second-order valence-electron chi connectivity index (χ2n) is 6.05. The van der Waals surface area contributed by atoms with Gasteiger partial charge in [-0.15, -0.1) is 0 Å². The van der Waals surface area contributed by atoms with Crippen molar-refractivity contribution in [1.82, 2.24) is 19.7 Å². The monoisotopic (exact) mass is 330 g/mol. The molecule has 126 valence electrons. The SMILES string of the molecule is C=C1CCN([C@H](C)/C(=C/n2cncn2)c2ccc(F)cc2F)CC1. The summed E-state index contributed by atoms with van der Waals surface area (Å²) >= 11 is 0. The quantitative estimate of drug-likeness (QED) is 0.803. The maximum absolute atomic E-state index is 14.4. The molecule has 0 amide bonds. The fraction of sp³-hybridized carbons (Fsp3) is 0.333. The predicted octanol–water partition coefficient (Wildman–Crippen LogP) is 3.59. The van der Waals surface area contributed by atoms with Crippen LogP contribution in [0, 0.1) is 11.6 Å². The van der Waals surface area contributed by atoms with E-state index >= 15 is 0 Å². The zero-order chi connectivity index (χ0) is 17.1. The number of likely N-dealkylation sites (tertiary alicyclic amines) is 1. The van der Waals surface area contributed by atoms with Crippen LogP contribution in [0.3, 0.4) is 0 Å². The molecule has 0 N–H and O–H groups in total. The Labute approximate surface area is 140 Å². The Kier molecular flexibility index (Phi) is 4.85. The van der Waals surface area contributed by atoms with Gasteiger partial charge in [0.15, 0.2) is 0 Å². The Balaban J connectivity index is 1.97. The van der Waals surface area contributed by atoms with E-state index in [4.69, 9.17) is 0 Å². The smallest absolute Gasteiger partial charge is 0.138 e. The van der Waals surface area contributed by atoms with Gasteiger partial charge in [-0.3, -0.25) is 4.90 Å². The first kappa shape index (κ1) is 16.5. The van der Waals surface area contributed by atoms with Crippen LogP contribution < -0.4 is 0 Å². The second kappa shape index (κ2) is 7.05. The lowest BCUT2D eigenvalue weighted by atomic mass is 9.96. The van der Waals surface area contributed by atoms with Crippen LogP contribution in [0.2, 0.25) is 0 Å². The normalized spacial score (nSPS) is 18.0. The molecule has 0 saturated carbocycles. The van der Waals surface area contributed by atoms with Crippen LogP contribution in [0.1, 0.15) is 25.3 Å². The molecule has 6 heteroatoms. The number of halogens is 2. The zero-order valence-electron chi connectivity index (χ0n) is 13.6. The Morgan fingerprint density at radius 3 is 2.67 bits per heavy atom. The van der Waals surface area contributed by atoms with E-state index in [0.29, 0.717) is 5.56 Å². The van der Waals surface area contributed by atoms with Gasteiger partial charge in [0, 0.05) is 37.0 Å². The van der Waals surface area contributed by atoms with E-state index in [1.54, 1.807) is 12.5 Å². The number of piperidine rings is 1. The van der Waals surface area contributed by atoms with Crippen molar-refractivity contribution in [2.75, 3.05) is 13.1 Å². The summed E-state index contributed by atoms with van der Waals surface area (Å²) in [6.45, 7) is 7.80. The van der Waals surface area contributed by atoms with E-state index in [1.807, 2.05) is 6.92 Å². The first-order valence-electron chi connectivity index (χ1n) is 7.96. The van der Waals surface area contributed by atoms with Crippen LogP contribution in [0.25, 0.3) is 11.8 Å². The summed E-state index contributed by atoms with van der Waals surface area (Å²) in [5, 5.41) is 4.07. The molecule has 1 aromatic heterocycles. The standard InChI is InChI=1S/C18H20F2N4/c1-13-5-7-23(8-6-13)14(2)17(10-24-12-21-11-22-24)16-4-3-15(19)9-18(16)20/h3-4,9-12,14H,1,5-8H2,2H3/b17-10-/t14-/m1/s1. The highest BCUT2D eigenvalue weighted by molar-refractivity contribution is 5.78. The molecular weight excluding hydrogens is 310 g/mol. The lowest BCUT2D eigenvalue weighted by Crippen LogP contribution is -2.38. The van der Waals surface area contributed by atoms with Crippen molar-refractivity contribution in [3.63, 3.8) is 0 Å². The molecule has 0 radical (unpaired) electrons. The molecular formula is C18H20F2N4. The van der Waals surface area contributed by atoms with Crippen molar-refractivity contribution >= 4 is 11.8 Å². The molecule has 0 aliphatic carbocycles. The third kappa shape index (κ3) is 3.59. The summed E-state index contributed by atoms with van der Waals surface area (Å²) in [6, 6.07) is 3.63. The first-order valence-corrected chi connectivity index (χ1v) is 7.96. The van der Waals surface area contributed by atoms with Crippen LogP contribution in [0.5, 0.6) is 0 Å². The third-order valence-electron chi connectivity index (χ3n) is 4.45. The van der Waals surface area contributed by atoms with Gasteiger partial charge in [0.1, 0.15) is 24.3 Å². The van der Waals surface area contributed by atoms with E-state index in [9.17, 15) is 8.78 Å². The Hall–Kier alpha value is -2.34. The van der Waals surface area contributed by atoms with Gasteiger partial charge in [-0.1, -0.05) is 12.2 Å². The molecule has 4 nitrogen and oxygen atoms in total. The Bertz CT molecular complexity index is 742. The lowest BCUT2D eigenvalue weighted by molar-refractivity contribution is 0.231. The highest BCUT2D eigenvalue weighted by Crippen LogP contribution is 2.28. The van der Waals surface area contributed by atoms with Crippen molar-refractivity contribution in [2.24, 2.45) is 0 Å². The van der Waals surface area contributed by atoms with Gasteiger partial charge in [0.05, 0.1) is 0 Å². The molecule has 1 aromatic carbocycles. The minimum absolute atomic E-state index is 0.0396. The number of rotatable bonds is 4. The average molecular weight is 330 g/mol. The van der Waals surface area contributed by atoms with Crippen molar-refractivity contribution in [3.05, 3.63) is 60.2 Å². The maximum atomic E-state index is 14.4. The van der Waals surface area contributed by atoms with Crippen LogP contribution in [0.4, 0.5) is 8.78 Å². The molecule has 1 atom stereocenters. The van der Waals surface area contributed by atoms with Crippen molar-refractivity contribution in [3.8, 4) is 0 Å². The van der Waals surface area contributed by atoms with Crippen molar-refractivity contribution in [2.45, 2.75) is 25.8 Å². The molecule has 1 saturated heterocycles. The van der Waals surface area contributed by atoms with E-state index in [-0.39, 0.29) is 6.04 Å². The fourth-order valence-electron chi connectivity index (χ4n) is 2.98. The topological polar surface area (TPSA) is 34.0 Å². The molecule has 1 aliphatic heterocycles. The van der Waals surface area contributed by atoms with Gasteiger partial charge in [-0.25, -0.2) is 18.4 Å². The van der Waals surface area contributed by atoms with Gasteiger partial charge in [-0.05, 0) is 37.5 Å². The van der Waals surface area contributed by atoms with E-state index in [1.165, 1.54) is 28.7 Å². The summed E-state index contributed by atoms with van der Waals surface area (Å²) in [6.07, 6.45) is 6.59. The molecule has 2 aromatic rings. The Morgan fingerprint density at radius 2 is 2.04 bits per heavy atom. The highest BCUT2D eigenvalue weighted by Gasteiger charge is 2.24. The summed E-state index contributed by atoms with van der Waals surface area (Å²) in [5.41, 5.74) is 2.36. The van der Waals surface area contributed by atoms with Gasteiger partial charge in [0.25, 0.3) is 0 Å². The summed E-state index contributed by atoms with van der Waals surface area (Å²) < 4.78 is 29.2. The number of benzene rings is 1. The lowest BCUT2D eigenvalue weighted by Gasteiger charge is -2.34. The second-order valence-corrected chi connectivity index (χ2v) is 6.05. The van der Waals surface area contributed by atoms with Gasteiger partial charge in [0.2, 0.25) is 0 Å². The minimum atomic E-state index is -0.585. The van der Waals surface area contributed by atoms with Crippen LogP contribution in [-0.2, 0) is 0 Å². The number of hydrogen-bond donors (Lipinski definition) is 0. The zero-order valence-corrected chi connectivity index (χ0v) is 13.6. The molecule has 0 bridgehead atoms. The van der Waals surface area contributed by atoms with E-state index < -0.39 is 11.6 Å². The third-order valence-corrected chi connectivity index (χ3v) is 4.45. The predicted molar refractivity (Wildman–Crippen MR) is 90.0 cm³/mol. The Morgan fingerprint density at radius 1 is 1.29 bits per heavy atom. The number of nitrogens with zero attached hydrogens (tertiary/aromatic N) is 4. The number of hydrogen-bond acceptors (Lipinski definition) is 3. The molecule has 0 unspecified atom stereocenters. The maximum Gasteiger partial charge on any atom is 0.138 e. The molecule has 3 rings (SSSR count). The fourth-order valence-corrected chi connectivity index (χ4v) is 2.98. The minimum Gasteiger partial charge on any atom is -0.296 e. The summed E-state index contributed by atoms with van der Waals surface area (Å²) in [7, 11) is 0. The molecule has 1 fully saturated rings. The molecule has 2 heterocycles. The largest absolute Gasteiger partial charge is 0.296 e. The highest BCUT2D eigenvalue weighted by atomic mass is 19.1. The van der Waals surface area contributed by atoms with E-state index in [0.717, 1.165) is 37.6 Å². The summed E-state index contributed by atoms with van der Waals surface area (Å²) in [4.78, 5) is 6.19. The van der Waals surface area contributed by atoms with Crippen LogP contribution in [0.15, 0.2) is 43.0 Å². The van der Waals surface area contributed by atoms with Gasteiger partial charge < -0.3 is 0 Å². The van der Waals surface area contributed by atoms with E-state index in [2.05, 4.69) is 21.6 Å². The molecule has 1 aliphatic rings. The molecule has 24 heavy (non-hydrogen) atoms. The van der Waals surface area contributed by atoms with Crippen LogP contribution >= 0.6 is 0 Å². The van der Waals surface area contributed by atoms with Crippen molar-refractivity contribution < 1.29 is 8.78 Å². The van der Waals surface area contributed by atoms with Crippen molar-refractivity contribution in [1.29, 1.82) is 0 Å². The summed E-state index contributed by atoms with van der Waals surface area (Å²) in [5.74, 6) is -1.16. The molecule has 0 spiro atoms. The number of aromatic nitrogens is 3. The average Bonchev–Trinajstić information content (AvgIpc) is 3.06.